The molecule has 0 bridgehead atoms. The first-order valence-electron chi connectivity index (χ1n) is 5.65. The molecule has 0 atom stereocenters. The zero-order valence-corrected chi connectivity index (χ0v) is 10.6. The number of hydrogen-bond acceptors (Lipinski definition) is 3. The van der Waals surface area contributed by atoms with Crippen LogP contribution >= 0.6 is 0 Å². The highest BCUT2D eigenvalue weighted by Gasteiger charge is 2.34. The smallest absolute Gasteiger partial charge is 0.397 e. The number of alkyl halides is 3. The van der Waals surface area contributed by atoms with Gasteiger partial charge in [0.1, 0.15) is 6.42 Å². The predicted octanol–water partition coefficient (Wildman–Crippen LogP) is 2.27. The second-order valence-electron chi connectivity index (χ2n) is 4.01. The minimum atomic E-state index is -4.61. The number of aromatic carboxylic acids is 1. The van der Waals surface area contributed by atoms with Crippen molar-refractivity contribution in [1.29, 1.82) is 0 Å². The van der Waals surface area contributed by atoms with E-state index in [2.05, 4.69) is 0 Å². The van der Waals surface area contributed by atoms with Crippen molar-refractivity contribution in [2.24, 2.45) is 0 Å². The number of carbonyl (C=O) groups is 2. The zero-order valence-electron chi connectivity index (χ0n) is 10.6. The summed E-state index contributed by atoms with van der Waals surface area (Å²) in [4.78, 5) is 23.2. The summed E-state index contributed by atoms with van der Waals surface area (Å²) in [5.41, 5.74) is 5.49. The largest absolute Gasteiger partial charge is 0.478 e. The van der Waals surface area contributed by atoms with Crippen LogP contribution in [0.2, 0.25) is 0 Å². The number of anilines is 2. The number of nitrogens with two attached hydrogens (primary N) is 1. The van der Waals surface area contributed by atoms with E-state index in [1.807, 2.05) is 0 Å². The van der Waals surface area contributed by atoms with E-state index in [0.29, 0.717) is 0 Å². The van der Waals surface area contributed by atoms with Crippen LogP contribution in [0.4, 0.5) is 24.5 Å². The minimum Gasteiger partial charge on any atom is -0.478 e. The molecule has 110 valence electrons. The summed E-state index contributed by atoms with van der Waals surface area (Å²) in [6, 6.07) is 3.50. The third-order valence-corrected chi connectivity index (χ3v) is 2.53. The van der Waals surface area contributed by atoms with Crippen LogP contribution in [0.25, 0.3) is 0 Å². The van der Waals surface area contributed by atoms with Crippen LogP contribution in [0.5, 0.6) is 0 Å². The number of halogens is 3. The molecule has 1 rings (SSSR count). The van der Waals surface area contributed by atoms with E-state index in [1.165, 1.54) is 19.1 Å². The van der Waals surface area contributed by atoms with Gasteiger partial charge in [0.25, 0.3) is 0 Å². The number of benzene rings is 1. The quantitative estimate of drug-likeness (QED) is 0.833. The van der Waals surface area contributed by atoms with Gasteiger partial charge in [-0.1, -0.05) is 0 Å². The zero-order chi connectivity index (χ0) is 15.5. The van der Waals surface area contributed by atoms with E-state index in [-0.39, 0.29) is 23.5 Å². The van der Waals surface area contributed by atoms with E-state index in [9.17, 15) is 22.8 Å². The lowest BCUT2D eigenvalue weighted by Crippen LogP contribution is -2.34. The van der Waals surface area contributed by atoms with Crippen LogP contribution in [0.1, 0.15) is 23.7 Å². The highest BCUT2D eigenvalue weighted by atomic mass is 19.4. The van der Waals surface area contributed by atoms with Gasteiger partial charge in [0.05, 0.1) is 16.9 Å². The molecule has 0 aromatic heterocycles. The molecule has 5 nitrogen and oxygen atoms in total. The lowest BCUT2D eigenvalue weighted by molar-refractivity contribution is -0.151. The molecule has 0 aliphatic carbocycles. The molecule has 1 aromatic rings. The van der Waals surface area contributed by atoms with Crippen molar-refractivity contribution < 1.29 is 27.9 Å². The van der Waals surface area contributed by atoms with Gasteiger partial charge in [-0.15, -0.1) is 0 Å². The molecule has 0 fully saturated rings. The molecule has 0 saturated heterocycles. The lowest BCUT2D eigenvalue weighted by Gasteiger charge is -2.23. The molecule has 20 heavy (non-hydrogen) atoms. The first-order chi connectivity index (χ1) is 9.15. The van der Waals surface area contributed by atoms with Crippen molar-refractivity contribution >= 4 is 23.3 Å². The Labute approximate surface area is 112 Å². The molecule has 0 heterocycles. The molecule has 0 aliphatic rings. The third kappa shape index (κ3) is 3.87. The van der Waals surface area contributed by atoms with Gasteiger partial charge in [-0.2, -0.15) is 13.2 Å². The summed E-state index contributed by atoms with van der Waals surface area (Å²) in [6.07, 6.45) is -6.21. The van der Waals surface area contributed by atoms with Crippen LogP contribution < -0.4 is 10.6 Å². The summed E-state index contributed by atoms with van der Waals surface area (Å²) < 4.78 is 36.7. The first kappa shape index (κ1) is 15.8. The number of nitrogen functional groups attached to an aromatic ring is 1. The number of rotatable bonds is 4. The lowest BCUT2D eigenvalue weighted by atomic mass is 10.1. The summed E-state index contributed by atoms with van der Waals surface area (Å²) >= 11 is 0. The van der Waals surface area contributed by atoms with Gasteiger partial charge in [0, 0.05) is 6.54 Å². The van der Waals surface area contributed by atoms with Gasteiger partial charge in [0.15, 0.2) is 0 Å². The van der Waals surface area contributed by atoms with Crippen LogP contribution in [-0.2, 0) is 4.79 Å². The summed E-state index contributed by atoms with van der Waals surface area (Å²) in [5, 5.41) is 8.77. The summed E-state index contributed by atoms with van der Waals surface area (Å²) in [5.74, 6) is -2.36. The maximum atomic E-state index is 12.2. The van der Waals surface area contributed by atoms with Gasteiger partial charge in [-0.05, 0) is 25.1 Å². The van der Waals surface area contributed by atoms with E-state index >= 15 is 0 Å². The Kier molecular flexibility index (Phi) is 4.59. The van der Waals surface area contributed by atoms with Gasteiger partial charge >= 0.3 is 12.1 Å². The SMILES string of the molecule is CCN(C(=O)CC(F)(F)F)c1ccc(C(=O)O)cc1N. The Morgan fingerprint density at radius 3 is 2.35 bits per heavy atom. The Morgan fingerprint density at radius 1 is 1.35 bits per heavy atom. The molecule has 3 N–H and O–H groups in total. The van der Waals surface area contributed by atoms with E-state index in [1.54, 1.807) is 0 Å². The molecular formula is C12H13F3N2O3. The Morgan fingerprint density at radius 2 is 1.95 bits per heavy atom. The summed E-state index contributed by atoms with van der Waals surface area (Å²) in [6.45, 7) is 1.49. The molecule has 0 spiro atoms. The number of amides is 1. The highest BCUT2D eigenvalue weighted by molar-refractivity contribution is 5.98. The highest BCUT2D eigenvalue weighted by Crippen LogP contribution is 2.28. The first-order valence-corrected chi connectivity index (χ1v) is 5.65. The van der Waals surface area contributed by atoms with Crippen LogP contribution in [-0.4, -0.2) is 29.7 Å². The maximum absolute atomic E-state index is 12.2. The van der Waals surface area contributed by atoms with Gasteiger partial charge in [-0.3, -0.25) is 4.79 Å². The Hall–Kier alpha value is -2.25. The average Bonchev–Trinajstić information content (AvgIpc) is 2.29. The van der Waals surface area contributed by atoms with Crippen molar-refractivity contribution in [3.05, 3.63) is 23.8 Å². The second kappa shape index (κ2) is 5.81. The van der Waals surface area contributed by atoms with E-state index < -0.39 is 24.5 Å². The average molecular weight is 290 g/mol. The van der Waals surface area contributed by atoms with Crippen molar-refractivity contribution in [2.75, 3.05) is 17.2 Å². The fourth-order valence-electron chi connectivity index (χ4n) is 1.68. The third-order valence-electron chi connectivity index (χ3n) is 2.53. The van der Waals surface area contributed by atoms with E-state index in [0.717, 1.165) is 11.0 Å². The van der Waals surface area contributed by atoms with Crippen molar-refractivity contribution in [3.63, 3.8) is 0 Å². The fraction of sp³-hybridized carbons (Fsp3) is 0.333. The number of carboxylic acid groups (broad SMARTS) is 1. The van der Waals surface area contributed by atoms with Crippen molar-refractivity contribution in [2.45, 2.75) is 19.5 Å². The van der Waals surface area contributed by atoms with Gasteiger partial charge in [0.2, 0.25) is 5.91 Å². The van der Waals surface area contributed by atoms with Gasteiger partial charge < -0.3 is 15.7 Å². The van der Waals surface area contributed by atoms with E-state index in [4.69, 9.17) is 10.8 Å². The standard InChI is InChI=1S/C12H13F3N2O3/c1-2-17(10(18)6-12(13,14)15)9-4-3-7(11(19)20)5-8(9)16/h3-5H,2,6,16H2,1H3,(H,19,20). The number of nitrogens with zero attached hydrogens (tertiary/aromatic N) is 1. The topological polar surface area (TPSA) is 83.6 Å². The maximum Gasteiger partial charge on any atom is 0.397 e. The van der Waals surface area contributed by atoms with Crippen molar-refractivity contribution in [1.82, 2.24) is 0 Å². The second-order valence-corrected chi connectivity index (χ2v) is 4.01. The summed E-state index contributed by atoms with van der Waals surface area (Å²) in [7, 11) is 0. The van der Waals surface area contributed by atoms with Crippen LogP contribution in [0.15, 0.2) is 18.2 Å². The molecular weight excluding hydrogens is 277 g/mol. The number of carbonyl (C=O) groups excluding carboxylic acids is 1. The Balaban J connectivity index is 3.07. The molecule has 0 unspecified atom stereocenters. The fourth-order valence-corrected chi connectivity index (χ4v) is 1.68. The number of carboxylic acids is 1. The normalized spacial score (nSPS) is 11.2. The molecule has 0 saturated carbocycles. The monoisotopic (exact) mass is 290 g/mol. The Bertz CT molecular complexity index is 529. The van der Waals surface area contributed by atoms with Crippen LogP contribution in [0, 0.1) is 0 Å². The van der Waals surface area contributed by atoms with Gasteiger partial charge in [-0.25, -0.2) is 4.79 Å². The molecule has 8 heteroatoms. The molecule has 1 aromatic carbocycles. The van der Waals surface area contributed by atoms with Crippen molar-refractivity contribution in [3.8, 4) is 0 Å². The van der Waals surface area contributed by atoms with Crippen LogP contribution in [0.3, 0.4) is 0 Å². The predicted molar refractivity (Wildman–Crippen MR) is 66.5 cm³/mol. The molecule has 0 aliphatic heterocycles. The minimum absolute atomic E-state index is 0.00840. The molecule has 1 amide bonds. The number of hydrogen-bond donors (Lipinski definition) is 2. The molecule has 0 radical (unpaired) electrons.